The van der Waals surface area contributed by atoms with E-state index in [0.717, 1.165) is 23.6 Å². The average molecular weight is 237 g/mol. The van der Waals surface area contributed by atoms with Crippen molar-refractivity contribution in [1.29, 1.82) is 0 Å². The molecular formula is C12H19N3O2. The van der Waals surface area contributed by atoms with Crippen molar-refractivity contribution in [2.75, 3.05) is 20.8 Å². The molecule has 0 bridgehead atoms. The first-order valence-corrected chi connectivity index (χ1v) is 5.46. The van der Waals surface area contributed by atoms with Crippen molar-refractivity contribution in [2.24, 2.45) is 10.7 Å². The van der Waals surface area contributed by atoms with Crippen LogP contribution in [0.1, 0.15) is 12.5 Å². The van der Waals surface area contributed by atoms with Crippen LogP contribution >= 0.6 is 0 Å². The normalized spacial score (nSPS) is 11.1. The first kappa shape index (κ1) is 13.2. The third-order valence-corrected chi connectivity index (χ3v) is 2.27. The summed E-state index contributed by atoms with van der Waals surface area (Å²) >= 11 is 0. The van der Waals surface area contributed by atoms with Crippen LogP contribution in [0.4, 0.5) is 0 Å². The van der Waals surface area contributed by atoms with Crippen molar-refractivity contribution in [3.05, 3.63) is 23.8 Å². The predicted octanol–water partition coefficient (Wildman–Crippen LogP) is 1.13. The van der Waals surface area contributed by atoms with Crippen LogP contribution in [0.2, 0.25) is 0 Å². The minimum atomic E-state index is 0.436. The molecule has 0 saturated heterocycles. The fourth-order valence-corrected chi connectivity index (χ4v) is 1.39. The summed E-state index contributed by atoms with van der Waals surface area (Å²) in [5, 5.41) is 2.94. The molecule has 0 aliphatic carbocycles. The maximum Gasteiger partial charge on any atom is 0.188 e. The number of ether oxygens (including phenoxy) is 2. The molecule has 0 fully saturated rings. The Kier molecular flexibility index (Phi) is 5.13. The molecule has 1 rings (SSSR count). The summed E-state index contributed by atoms with van der Waals surface area (Å²) in [6.07, 6.45) is 0. The number of methoxy groups -OCH3 is 2. The van der Waals surface area contributed by atoms with Crippen LogP contribution in [-0.2, 0) is 6.54 Å². The summed E-state index contributed by atoms with van der Waals surface area (Å²) in [7, 11) is 3.24. The summed E-state index contributed by atoms with van der Waals surface area (Å²) in [5.74, 6) is 1.94. The van der Waals surface area contributed by atoms with E-state index < -0.39 is 0 Å². The SMILES string of the molecule is CCNC(N)=NCc1ccc(OC)cc1OC. The highest BCUT2D eigenvalue weighted by atomic mass is 16.5. The molecule has 0 amide bonds. The Balaban J connectivity index is 2.80. The highest BCUT2D eigenvalue weighted by molar-refractivity contribution is 5.77. The van der Waals surface area contributed by atoms with Crippen LogP contribution in [0.3, 0.4) is 0 Å². The molecule has 0 spiro atoms. The van der Waals surface area contributed by atoms with Gasteiger partial charge in [0.05, 0.1) is 20.8 Å². The van der Waals surface area contributed by atoms with Gasteiger partial charge in [0.15, 0.2) is 5.96 Å². The fraction of sp³-hybridized carbons (Fsp3) is 0.417. The summed E-state index contributed by atoms with van der Waals surface area (Å²) in [5.41, 5.74) is 6.62. The molecule has 0 atom stereocenters. The molecule has 94 valence electrons. The molecule has 0 heterocycles. The summed E-state index contributed by atoms with van der Waals surface area (Å²) in [6.45, 7) is 3.21. The average Bonchev–Trinajstić information content (AvgIpc) is 2.36. The first-order chi connectivity index (χ1) is 8.21. The number of aliphatic imine (C=N–C) groups is 1. The molecule has 0 aliphatic rings. The van der Waals surface area contributed by atoms with Gasteiger partial charge in [0.2, 0.25) is 0 Å². The Labute approximate surface area is 102 Å². The zero-order chi connectivity index (χ0) is 12.7. The van der Waals surface area contributed by atoms with Crippen LogP contribution in [0, 0.1) is 0 Å². The van der Waals surface area contributed by atoms with Gasteiger partial charge in [-0.25, -0.2) is 4.99 Å². The number of hydrogen-bond acceptors (Lipinski definition) is 3. The third kappa shape index (κ3) is 3.86. The molecule has 5 heteroatoms. The van der Waals surface area contributed by atoms with Crippen molar-refractivity contribution in [2.45, 2.75) is 13.5 Å². The number of hydrogen-bond donors (Lipinski definition) is 2. The van der Waals surface area contributed by atoms with Gasteiger partial charge in [-0.15, -0.1) is 0 Å². The number of benzene rings is 1. The van der Waals surface area contributed by atoms with Gasteiger partial charge in [-0.1, -0.05) is 0 Å². The minimum Gasteiger partial charge on any atom is -0.497 e. The smallest absolute Gasteiger partial charge is 0.188 e. The van der Waals surface area contributed by atoms with Crippen LogP contribution in [-0.4, -0.2) is 26.7 Å². The van der Waals surface area contributed by atoms with E-state index in [9.17, 15) is 0 Å². The second kappa shape index (κ2) is 6.62. The lowest BCUT2D eigenvalue weighted by molar-refractivity contribution is 0.391. The molecular weight excluding hydrogens is 218 g/mol. The zero-order valence-electron chi connectivity index (χ0n) is 10.5. The highest BCUT2D eigenvalue weighted by Crippen LogP contribution is 2.24. The monoisotopic (exact) mass is 237 g/mol. The molecule has 5 nitrogen and oxygen atoms in total. The third-order valence-electron chi connectivity index (χ3n) is 2.27. The number of nitrogens with one attached hydrogen (secondary N) is 1. The van der Waals surface area contributed by atoms with Crippen LogP contribution in [0.25, 0.3) is 0 Å². The van der Waals surface area contributed by atoms with Crippen molar-refractivity contribution >= 4 is 5.96 Å². The van der Waals surface area contributed by atoms with E-state index in [1.807, 2.05) is 25.1 Å². The molecule has 0 aromatic heterocycles. The van der Waals surface area contributed by atoms with Gasteiger partial charge in [0.1, 0.15) is 11.5 Å². The lowest BCUT2D eigenvalue weighted by Crippen LogP contribution is -2.31. The van der Waals surface area contributed by atoms with Gasteiger partial charge in [-0.3, -0.25) is 0 Å². The number of guanidine groups is 1. The number of nitrogens with zero attached hydrogens (tertiary/aromatic N) is 1. The molecule has 0 aliphatic heterocycles. The molecule has 0 saturated carbocycles. The fourth-order valence-electron chi connectivity index (χ4n) is 1.39. The van der Waals surface area contributed by atoms with Crippen molar-refractivity contribution in [3.8, 4) is 11.5 Å². The first-order valence-electron chi connectivity index (χ1n) is 5.46. The zero-order valence-corrected chi connectivity index (χ0v) is 10.5. The van der Waals surface area contributed by atoms with Crippen LogP contribution < -0.4 is 20.5 Å². The van der Waals surface area contributed by atoms with Crippen LogP contribution in [0.5, 0.6) is 11.5 Å². The van der Waals surface area contributed by atoms with E-state index in [1.54, 1.807) is 14.2 Å². The summed E-state index contributed by atoms with van der Waals surface area (Å²) in [6, 6.07) is 5.62. The van der Waals surface area contributed by atoms with E-state index in [2.05, 4.69) is 10.3 Å². The van der Waals surface area contributed by atoms with Gasteiger partial charge in [-0.2, -0.15) is 0 Å². The number of rotatable bonds is 5. The molecule has 0 unspecified atom stereocenters. The minimum absolute atomic E-state index is 0.436. The van der Waals surface area contributed by atoms with Gasteiger partial charge in [-0.05, 0) is 19.1 Å². The number of nitrogens with two attached hydrogens (primary N) is 1. The maximum absolute atomic E-state index is 5.65. The van der Waals surface area contributed by atoms with Gasteiger partial charge in [0, 0.05) is 18.2 Å². The Bertz CT molecular complexity index is 391. The van der Waals surface area contributed by atoms with Crippen molar-refractivity contribution in [3.63, 3.8) is 0 Å². The lowest BCUT2D eigenvalue weighted by atomic mass is 10.2. The van der Waals surface area contributed by atoms with E-state index in [-0.39, 0.29) is 0 Å². The lowest BCUT2D eigenvalue weighted by Gasteiger charge is -2.09. The molecule has 17 heavy (non-hydrogen) atoms. The second-order valence-corrected chi connectivity index (χ2v) is 3.41. The maximum atomic E-state index is 5.65. The van der Waals surface area contributed by atoms with E-state index in [1.165, 1.54) is 0 Å². The van der Waals surface area contributed by atoms with Crippen molar-refractivity contribution in [1.82, 2.24) is 5.32 Å². The second-order valence-electron chi connectivity index (χ2n) is 3.41. The molecule has 1 aromatic carbocycles. The molecule has 1 aromatic rings. The quantitative estimate of drug-likeness (QED) is 0.595. The Hall–Kier alpha value is -1.91. The van der Waals surface area contributed by atoms with Gasteiger partial charge < -0.3 is 20.5 Å². The van der Waals surface area contributed by atoms with E-state index in [4.69, 9.17) is 15.2 Å². The molecule has 3 N–H and O–H groups in total. The van der Waals surface area contributed by atoms with Gasteiger partial charge in [0.25, 0.3) is 0 Å². The standard InChI is InChI=1S/C12H19N3O2/c1-4-14-12(13)15-8-9-5-6-10(16-2)7-11(9)17-3/h5-7H,4,8H2,1-3H3,(H3,13,14,15). The Morgan fingerprint density at radius 1 is 1.35 bits per heavy atom. The Morgan fingerprint density at radius 3 is 2.71 bits per heavy atom. The summed E-state index contributed by atoms with van der Waals surface area (Å²) < 4.78 is 10.4. The summed E-state index contributed by atoms with van der Waals surface area (Å²) in [4.78, 5) is 4.21. The largest absolute Gasteiger partial charge is 0.497 e. The van der Waals surface area contributed by atoms with Gasteiger partial charge >= 0.3 is 0 Å². The van der Waals surface area contributed by atoms with Crippen molar-refractivity contribution < 1.29 is 9.47 Å². The predicted molar refractivity (Wildman–Crippen MR) is 68.5 cm³/mol. The Morgan fingerprint density at radius 2 is 2.12 bits per heavy atom. The van der Waals surface area contributed by atoms with E-state index >= 15 is 0 Å². The topological polar surface area (TPSA) is 68.9 Å². The van der Waals surface area contributed by atoms with Crippen LogP contribution in [0.15, 0.2) is 23.2 Å². The molecule has 0 radical (unpaired) electrons. The van der Waals surface area contributed by atoms with E-state index in [0.29, 0.717) is 12.5 Å². The highest BCUT2D eigenvalue weighted by Gasteiger charge is 2.04.